The molecule has 3 aliphatic rings. The highest BCUT2D eigenvalue weighted by molar-refractivity contribution is 5.76. The summed E-state index contributed by atoms with van der Waals surface area (Å²) in [6.45, 7) is 1.67. The van der Waals surface area contributed by atoms with Crippen LogP contribution in [0, 0.1) is 0 Å². The Morgan fingerprint density at radius 2 is 0.734 bits per heavy atom. The molecule has 0 radical (unpaired) electrons. The summed E-state index contributed by atoms with van der Waals surface area (Å²) in [4.78, 5) is 13.4. The van der Waals surface area contributed by atoms with Crippen LogP contribution in [0.2, 0.25) is 0 Å². The van der Waals surface area contributed by atoms with E-state index in [0.717, 1.165) is 77.0 Å². The minimum Gasteiger partial charge on any atom is -0.394 e. The van der Waals surface area contributed by atoms with Gasteiger partial charge in [0, 0.05) is 6.42 Å². The van der Waals surface area contributed by atoms with Crippen LogP contribution in [0.15, 0.2) is 60.8 Å². The molecule has 0 bridgehead atoms. The summed E-state index contributed by atoms with van der Waals surface area (Å²) in [6, 6.07) is -0.885. The van der Waals surface area contributed by atoms with E-state index in [1.807, 2.05) is 0 Å². The number of aliphatic hydroxyl groups is 11. The van der Waals surface area contributed by atoms with Crippen LogP contribution in [0.4, 0.5) is 0 Å². The number of aliphatic hydroxyl groups excluding tert-OH is 11. The minimum absolute atomic E-state index is 0.241. The van der Waals surface area contributed by atoms with Gasteiger partial charge in [0.25, 0.3) is 0 Å². The Morgan fingerprint density at radius 3 is 1.15 bits per heavy atom. The van der Waals surface area contributed by atoms with Gasteiger partial charge in [0.15, 0.2) is 18.9 Å². The number of hydrogen-bond acceptors (Lipinski definition) is 18. The van der Waals surface area contributed by atoms with E-state index in [4.69, 9.17) is 28.4 Å². The van der Waals surface area contributed by atoms with Gasteiger partial charge < -0.3 is 89.9 Å². The average molecular weight is 1340 g/mol. The van der Waals surface area contributed by atoms with Crippen molar-refractivity contribution in [1.29, 1.82) is 0 Å². The van der Waals surface area contributed by atoms with Gasteiger partial charge >= 0.3 is 0 Å². The highest BCUT2D eigenvalue weighted by Gasteiger charge is 2.53. The average Bonchev–Trinajstić information content (AvgIpc) is 0.788. The summed E-state index contributed by atoms with van der Waals surface area (Å²) in [6.07, 6.45) is 43.6. The molecule has 17 atom stereocenters. The van der Waals surface area contributed by atoms with Gasteiger partial charge in [-0.25, -0.2) is 0 Å². The van der Waals surface area contributed by atoms with Gasteiger partial charge in [0.2, 0.25) is 5.91 Å². The summed E-state index contributed by atoms with van der Waals surface area (Å²) in [7, 11) is 0. The molecule has 0 aromatic heterocycles. The number of amides is 1. The molecule has 3 rings (SSSR count). The van der Waals surface area contributed by atoms with Crippen LogP contribution < -0.4 is 5.32 Å². The van der Waals surface area contributed by atoms with Crippen molar-refractivity contribution in [2.75, 3.05) is 26.4 Å². The fraction of sp³-hybridized carbons (Fsp3) is 0.853. The maximum atomic E-state index is 13.4. The van der Waals surface area contributed by atoms with Gasteiger partial charge in [-0.1, -0.05) is 274 Å². The van der Waals surface area contributed by atoms with E-state index in [-0.39, 0.29) is 18.9 Å². The Morgan fingerprint density at radius 1 is 0.394 bits per heavy atom. The van der Waals surface area contributed by atoms with Crippen molar-refractivity contribution in [3.63, 3.8) is 0 Å². The molecule has 19 nitrogen and oxygen atoms in total. The smallest absolute Gasteiger partial charge is 0.220 e. The van der Waals surface area contributed by atoms with Crippen LogP contribution in [0.1, 0.15) is 277 Å². The fourth-order valence-corrected chi connectivity index (χ4v) is 12.6. The van der Waals surface area contributed by atoms with Crippen LogP contribution in [-0.4, -0.2) is 193 Å². The zero-order chi connectivity index (χ0) is 68.2. The molecule has 12 N–H and O–H groups in total. The lowest BCUT2D eigenvalue weighted by molar-refractivity contribution is -0.379. The van der Waals surface area contributed by atoms with Gasteiger partial charge in [-0.15, -0.1) is 0 Å². The number of carbonyl (C=O) groups excluding carboxylic acids is 1. The van der Waals surface area contributed by atoms with Crippen molar-refractivity contribution in [2.45, 2.75) is 381 Å². The van der Waals surface area contributed by atoms with E-state index in [2.05, 4.69) is 79.9 Å². The van der Waals surface area contributed by atoms with Gasteiger partial charge in [0.05, 0.1) is 38.6 Å². The zero-order valence-electron chi connectivity index (χ0n) is 58.2. The number of carbonyl (C=O) groups is 1. The summed E-state index contributed by atoms with van der Waals surface area (Å²) in [5.74, 6) is -0.241. The van der Waals surface area contributed by atoms with Crippen molar-refractivity contribution in [2.24, 2.45) is 0 Å². The molecule has 548 valence electrons. The standard InChI is InChI=1S/C75H135NO18/c1-3-5-7-9-11-13-15-16-17-18-19-20-21-22-23-24-25-26-27-28-29-30-31-32-33-34-35-36-37-38-39-40-41-42-43-45-47-49-51-53-63(81)76-58(59(80)52-50-48-46-44-14-12-10-8-6-4-2)57-89-73-69(87)66(84)71(61(55-78)91-73)94-75-70(88)67(85)72(62(56-79)92-75)93-74-68(86)65(83)64(82)60(54-77)90-74/h5,7,11,13,16-17,19-20,22-23,58-62,64-75,77-80,82-88H,3-4,6,8-10,12,14-15,18,21,24-57H2,1-2H3,(H,76,81)/b7-5-,13-11-,17-16-,20-19-,23-22-. The molecule has 3 fully saturated rings. The molecule has 0 aliphatic carbocycles. The second-order valence-corrected chi connectivity index (χ2v) is 26.7. The summed E-state index contributed by atoms with van der Waals surface area (Å²) >= 11 is 0. The lowest BCUT2D eigenvalue weighted by atomic mass is 9.96. The minimum atomic E-state index is -1.97. The Bertz CT molecular complexity index is 1940. The predicted octanol–water partition coefficient (Wildman–Crippen LogP) is 11.1. The monoisotopic (exact) mass is 1340 g/mol. The Kier molecular flexibility index (Phi) is 51.3. The molecule has 3 saturated heterocycles. The molecule has 17 unspecified atom stereocenters. The van der Waals surface area contributed by atoms with Gasteiger partial charge in [-0.3, -0.25) is 4.79 Å². The highest BCUT2D eigenvalue weighted by Crippen LogP contribution is 2.33. The van der Waals surface area contributed by atoms with Crippen molar-refractivity contribution >= 4 is 5.91 Å². The van der Waals surface area contributed by atoms with E-state index in [1.54, 1.807) is 0 Å². The zero-order valence-corrected chi connectivity index (χ0v) is 58.2. The summed E-state index contributed by atoms with van der Waals surface area (Å²) in [5.41, 5.74) is 0. The molecular weight excluding hydrogens is 1200 g/mol. The maximum Gasteiger partial charge on any atom is 0.220 e. The third kappa shape index (κ3) is 37.1. The third-order valence-electron chi connectivity index (χ3n) is 18.6. The van der Waals surface area contributed by atoms with Gasteiger partial charge in [-0.2, -0.15) is 0 Å². The van der Waals surface area contributed by atoms with E-state index >= 15 is 0 Å². The SMILES string of the molecule is CC/C=C\C/C=C\C/C=C\C/C=C\C/C=C\CCCCCCCCCCCCCCCCCCCCCCCCCC(=O)NC(COC1OC(CO)C(OC2OC(CO)C(OC3OC(CO)C(O)C(O)C3O)C(O)C2O)C(O)C1O)C(O)CCCCCCCCCCCC. The first-order chi connectivity index (χ1) is 45.8. The molecule has 3 heterocycles. The number of unbranched alkanes of at least 4 members (excludes halogenated alkanes) is 32. The number of nitrogens with one attached hydrogen (secondary N) is 1. The van der Waals surface area contributed by atoms with Crippen LogP contribution >= 0.6 is 0 Å². The first-order valence-electron chi connectivity index (χ1n) is 37.5. The van der Waals surface area contributed by atoms with Crippen LogP contribution in [0.5, 0.6) is 0 Å². The van der Waals surface area contributed by atoms with Gasteiger partial charge in [0.1, 0.15) is 73.2 Å². The summed E-state index contributed by atoms with van der Waals surface area (Å²) in [5, 5.41) is 120. The van der Waals surface area contributed by atoms with Crippen molar-refractivity contribution < 1.29 is 89.4 Å². The van der Waals surface area contributed by atoms with Crippen molar-refractivity contribution in [3.05, 3.63) is 60.8 Å². The van der Waals surface area contributed by atoms with Gasteiger partial charge in [-0.05, 0) is 57.8 Å². The van der Waals surface area contributed by atoms with E-state index in [1.165, 1.54) is 167 Å². The lowest BCUT2D eigenvalue weighted by Gasteiger charge is -2.48. The van der Waals surface area contributed by atoms with Crippen LogP contribution in [0.3, 0.4) is 0 Å². The van der Waals surface area contributed by atoms with E-state index < -0.39 is 124 Å². The highest BCUT2D eigenvalue weighted by atomic mass is 16.8. The third-order valence-corrected chi connectivity index (χ3v) is 18.6. The largest absolute Gasteiger partial charge is 0.394 e. The Hall–Kier alpha value is -2.51. The topological polar surface area (TPSA) is 307 Å². The first kappa shape index (κ1) is 85.7. The number of ether oxygens (including phenoxy) is 6. The molecule has 0 aromatic rings. The summed E-state index contributed by atoms with van der Waals surface area (Å²) < 4.78 is 34.4. The Balaban J connectivity index is 1.26. The lowest BCUT2D eigenvalue weighted by Crippen LogP contribution is -2.66. The molecule has 0 aromatic carbocycles. The molecule has 19 heteroatoms. The molecular formula is C75H135NO18. The van der Waals surface area contributed by atoms with E-state index in [0.29, 0.717) is 12.8 Å². The second kappa shape index (κ2) is 56.3. The van der Waals surface area contributed by atoms with Crippen LogP contribution in [0.25, 0.3) is 0 Å². The number of allylic oxidation sites excluding steroid dienone is 10. The van der Waals surface area contributed by atoms with Crippen molar-refractivity contribution in [3.8, 4) is 0 Å². The van der Waals surface area contributed by atoms with E-state index in [9.17, 15) is 61.0 Å². The van der Waals surface area contributed by atoms with Crippen molar-refractivity contribution in [1.82, 2.24) is 5.32 Å². The predicted molar refractivity (Wildman–Crippen MR) is 369 cm³/mol. The molecule has 1 amide bonds. The molecule has 0 saturated carbocycles. The maximum absolute atomic E-state index is 13.4. The first-order valence-corrected chi connectivity index (χ1v) is 37.5. The molecule has 94 heavy (non-hydrogen) atoms. The number of hydrogen-bond donors (Lipinski definition) is 12. The Labute approximate surface area is 566 Å². The molecule has 3 aliphatic heterocycles. The second-order valence-electron chi connectivity index (χ2n) is 26.7. The fourth-order valence-electron chi connectivity index (χ4n) is 12.6. The van der Waals surface area contributed by atoms with Crippen LogP contribution in [-0.2, 0) is 33.2 Å². The normalized spacial score (nSPS) is 27.7. The number of rotatable bonds is 58. The molecule has 0 spiro atoms. The quantitative estimate of drug-likeness (QED) is 0.0199.